The fourth-order valence-electron chi connectivity index (χ4n) is 1.19. The highest BCUT2D eigenvalue weighted by Crippen LogP contribution is 2.27. The van der Waals surface area contributed by atoms with Crippen LogP contribution in [-0.4, -0.2) is 42.0 Å². The van der Waals surface area contributed by atoms with Gasteiger partial charge in [-0.3, -0.25) is 0 Å². The molecule has 1 aromatic rings. The number of aliphatic carboxylic acids is 1. The van der Waals surface area contributed by atoms with E-state index in [1.807, 2.05) is 0 Å². The molecule has 104 valence electrons. The molecule has 1 rings (SSSR count). The van der Waals surface area contributed by atoms with E-state index < -0.39 is 18.1 Å². The van der Waals surface area contributed by atoms with E-state index in [0.29, 0.717) is 11.4 Å². The molecule has 0 aromatic heterocycles. The van der Waals surface area contributed by atoms with Crippen LogP contribution in [0.2, 0.25) is 0 Å². The summed E-state index contributed by atoms with van der Waals surface area (Å²) >= 11 is 3.27. The number of nitrogens with one attached hydrogen (secondary N) is 2. The Labute approximate surface area is 117 Å². The van der Waals surface area contributed by atoms with Crippen molar-refractivity contribution in [2.75, 3.05) is 19.0 Å². The maximum atomic E-state index is 11.4. The summed E-state index contributed by atoms with van der Waals surface area (Å²) in [5, 5.41) is 22.1. The molecule has 0 aliphatic rings. The average Bonchev–Trinajstić information content (AvgIpc) is 2.38. The Morgan fingerprint density at radius 1 is 1.47 bits per heavy atom. The number of halogens is 1. The van der Waals surface area contributed by atoms with Gasteiger partial charge in [0.2, 0.25) is 0 Å². The van der Waals surface area contributed by atoms with Gasteiger partial charge in [-0.25, -0.2) is 9.59 Å². The molecule has 8 heteroatoms. The number of carboxylic acid groups (broad SMARTS) is 1. The van der Waals surface area contributed by atoms with Gasteiger partial charge in [0.15, 0.2) is 6.10 Å². The zero-order valence-corrected chi connectivity index (χ0v) is 11.6. The molecule has 0 radical (unpaired) electrons. The first-order chi connectivity index (χ1) is 8.93. The molecular formula is C11H13BrN2O5. The van der Waals surface area contributed by atoms with Crippen molar-refractivity contribution in [3.8, 4) is 5.75 Å². The molecule has 0 bridgehead atoms. The van der Waals surface area contributed by atoms with Crippen molar-refractivity contribution in [2.45, 2.75) is 6.10 Å². The van der Waals surface area contributed by atoms with Crippen LogP contribution in [0.3, 0.4) is 0 Å². The first-order valence-electron chi connectivity index (χ1n) is 5.23. The molecule has 4 N–H and O–H groups in total. The summed E-state index contributed by atoms with van der Waals surface area (Å²) in [7, 11) is 1.49. The van der Waals surface area contributed by atoms with Crippen molar-refractivity contribution in [1.29, 1.82) is 0 Å². The highest BCUT2D eigenvalue weighted by Gasteiger charge is 2.14. The lowest BCUT2D eigenvalue weighted by Gasteiger charge is -2.10. The van der Waals surface area contributed by atoms with E-state index in [9.17, 15) is 9.59 Å². The van der Waals surface area contributed by atoms with Gasteiger partial charge in [0.25, 0.3) is 0 Å². The Morgan fingerprint density at radius 3 is 2.74 bits per heavy atom. The third-order valence-electron chi connectivity index (χ3n) is 2.15. The van der Waals surface area contributed by atoms with Gasteiger partial charge >= 0.3 is 12.0 Å². The van der Waals surface area contributed by atoms with Gasteiger partial charge in [0.1, 0.15) is 5.75 Å². The predicted molar refractivity (Wildman–Crippen MR) is 71.4 cm³/mol. The highest BCUT2D eigenvalue weighted by atomic mass is 79.9. The van der Waals surface area contributed by atoms with Crippen LogP contribution in [0.15, 0.2) is 22.7 Å². The van der Waals surface area contributed by atoms with E-state index in [2.05, 4.69) is 26.6 Å². The van der Waals surface area contributed by atoms with Crippen molar-refractivity contribution in [1.82, 2.24) is 5.32 Å². The number of hydrogen-bond donors (Lipinski definition) is 4. The monoisotopic (exact) mass is 332 g/mol. The van der Waals surface area contributed by atoms with Crippen LogP contribution in [-0.2, 0) is 4.79 Å². The summed E-state index contributed by atoms with van der Waals surface area (Å²) in [5.74, 6) is -0.853. The number of benzene rings is 1. The van der Waals surface area contributed by atoms with Crippen LogP contribution in [0.4, 0.5) is 10.5 Å². The first-order valence-corrected chi connectivity index (χ1v) is 6.02. The average molecular weight is 333 g/mol. The third-order valence-corrected chi connectivity index (χ3v) is 2.81. The van der Waals surface area contributed by atoms with Crippen molar-refractivity contribution in [3.05, 3.63) is 22.7 Å². The maximum Gasteiger partial charge on any atom is 0.334 e. The molecule has 0 saturated heterocycles. The van der Waals surface area contributed by atoms with Crippen LogP contribution in [0.1, 0.15) is 0 Å². The topological polar surface area (TPSA) is 108 Å². The van der Waals surface area contributed by atoms with Crippen LogP contribution < -0.4 is 15.4 Å². The van der Waals surface area contributed by atoms with E-state index >= 15 is 0 Å². The predicted octanol–water partition coefficient (Wildman–Crippen LogP) is 1.02. The number of carbonyl (C=O) groups is 2. The van der Waals surface area contributed by atoms with Crippen molar-refractivity contribution in [2.24, 2.45) is 0 Å². The zero-order chi connectivity index (χ0) is 14.4. The number of rotatable bonds is 5. The third kappa shape index (κ3) is 4.76. The Hall–Kier alpha value is -1.80. The van der Waals surface area contributed by atoms with Gasteiger partial charge in [0, 0.05) is 11.8 Å². The number of aliphatic hydroxyl groups is 1. The lowest BCUT2D eigenvalue weighted by Crippen LogP contribution is -2.38. The smallest absolute Gasteiger partial charge is 0.334 e. The second-order valence-corrected chi connectivity index (χ2v) is 4.39. The Kier molecular flexibility index (Phi) is 5.58. The normalized spacial score (nSPS) is 11.5. The largest absolute Gasteiger partial charge is 0.495 e. The number of anilines is 1. The zero-order valence-electron chi connectivity index (χ0n) is 10.0. The van der Waals surface area contributed by atoms with Gasteiger partial charge < -0.3 is 25.6 Å². The molecule has 1 aromatic carbocycles. The van der Waals surface area contributed by atoms with Gasteiger partial charge in [0.05, 0.1) is 18.1 Å². The van der Waals surface area contributed by atoms with Crippen LogP contribution >= 0.6 is 15.9 Å². The van der Waals surface area contributed by atoms with Crippen LogP contribution in [0.5, 0.6) is 5.75 Å². The number of aliphatic hydroxyl groups excluding tert-OH is 1. The number of carbonyl (C=O) groups excluding carboxylic acids is 1. The van der Waals surface area contributed by atoms with E-state index in [1.165, 1.54) is 7.11 Å². The van der Waals surface area contributed by atoms with E-state index in [-0.39, 0.29) is 6.54 Å². The number of ether oxygens (including phenoxy) is 1. The summed E-state index contributed by atoms with van der Waals surface area (Å²) in [6, 6.07) is 4.31. The van der Waals surface area contributed by atoms with E-state index in [4.69, 9.17) is 14.9 Å². The lowest BCUT2D eigenvalue weighted by atomic mass is 10.3. The minimum atomic E-state index is -1.63. The quantitative estimate of drug-likeness (QED) is 0.644. The molecule has 0 spiro atoms. The van der Waals surface area contributed by atoms with Gasteiger partial charge in [-0.1, -0.05) is 0 Å². The fraction of sp³-hybridized carbons (Fsp3) is 0.273. The fourth-order valence-corrected chi connectivity index (χ4v) is 1.60. The number of amides is 2. The number of methoxy groups -OCH3 is 1. The SMILES string of the molecule is COc1cc(NC(=O)NCC(O)C(=O)O)ccc1Br. The Morgan fingerprint density at radius 2 is 2.16 bits per heavy atom. The molecule has 7 nitrogen and oxygen atoms in total. The second kappa shape index (κ2) is 6.95. The maximum absolute atomic E-state index is 11.4. The molecule has 1 unspecified atom stereocenters. The molecule has 0 fully saturated rings. The van der Waals surface area contributed by atoms with Crippen molar-refractivity contribution >= 4 is 33.6 Å². The summed E-state index contributed by atoms with van der Waals surface area (Å²) in [6.45, 7) is -0.380. The van der Waals surface area contributed by atoms with Gasteiger partial charge in [-0.2, -0.15) is 0 Å². The Bertz CT molecular complexity index is 480. The second-order valence-electron chi connectivity index (χ2n) is 3.54. The van der Waals surface area contributed by atoms with E-state index in [1.54, 1.807) is 18.2 Å². The number of carboxylic acids is 1. The molecule has 1 atom stereocenters. The summed E-state index contributed by atoms with van der Waals surface area (Å²) in [4.78, 5) is 21.8. The molecule has 0 aliphatic heterocycles. The molecule has 2 amide bonds. The van der Waals surface area contributed by atoms with Crippen LogP contribution in [0, 0.1) is 0 Å². The summed E-state index contributed by atoms with van der Waals surface area (Å²) in [5.41, 5.74) is 0.474. The molecular weight excluding hydrogens is 320 g/mol. The summed E-state index contributed by atoms with van der Waals surface area (Å²) < 4.78 is 5.80. The number of urea groups is 1. The Balaban J connectivity index is 2.55. The summed E-state index contributed by atoms with van der Waals surface area (Å²) in [6.07, 6.45) is -1.63. The van der Waals surface area contributed by atoms with Crippen molar-refractivity contribution in [3.63, 3.8) is 0 Å². The van der Waals surface area contributed by atoms with Gasteiger partial charge in [-0.15, -0.1) is 0 Å². The molecule has 0 saturated carbocycles. The minimum Gasteiger partial charge on any atom is -0.495 e. The molecule has 19 heavy (non-hydrogen) atoms. The van der Waals surface area contributed by atoms with Gasteiger partial charge in [-0.05, 0) is 28.1 Å². The van der Waals surface area contributed by atoms with Crippen LogP contribution in [0.25, 0.3) is 0 Å². The number of hydrogen-bond acceptors (Lipinski definition) is 4. The molecule has 0 aliphatic carbocycles. The highest BCUT2D eigenvalue weighted by molar-refractivity contribution is 9.10. The molecule has 0 heterocycles. The first kappa shape index (κ1) is 15.3. The van der Waals surface area contributed by atoms with Crippen molar-refractivity contribution < 1.29 is 24.5 Å². The van der Waals surface area contributed by atoms with E-state index in [0.717, 1.165) is 4.47 Å². The standard InChI is InChI=1S/C11H13BrN2O5/c1-19-9-4-6(2-3-7(9)12)14-11(18)13-5-8(15)10(16)17/h2-4,8,15H,5H2,1H3,(H,16,17)(H2,13,14,18). The minimum absolute atomic E-state index is 0.380. The lowest BCUT2D eigenvalue weighted by molar-refractivity contribution is -0.146.